The van der Waals surface area contributed by atoms with E-state index in [0.717, 1.165) is 36.1 Å². The maximum atomic E-state index is 12.5. The minimum atomic E-state index is -3.11. The fraction of sp³-hybridized carbons (Fsp3) is 0.424. The predicted octanol–water partition coefficient (Wildman–Crippen LogP) is 6.96. The number of nitrogens with zero attached hydrogens (tertiary/aromatic N) is 1. The highest BCUT2D eigenvalue weighted by atomic mass is 79.9. The zero-order valence-corrected chi connectivity index (χ0v) is 27.1. The van der Waals surface area contributed by atoms with Crippen LogP contribution < -0.4 is 19.8 Å². The summed E-state index contributed by atoms with van der Waals surface area (Å²) in [5, 5.41) is 13.3. The van der Waals surface area contributed by atoms with Crippen molar-refractivity contribution in [3.05, 3.63) is 89.7 Å². The van der Waals surface area contributed by atoms with E-state index in [1.54, 1.807) is 13.3 Å². The van der Waals surface area contributed by atoms with E-state index in [1.165, 1.54) is 0 Å². The van der Waals surface area contributed by atoms with Gasteiger partial charge in [0.2, 0.25) is 0 Å². The second kappa shape index (κ2) is 13.9. The van der Waals surface area contributed by atoms with Crippen molar-refractivity contribution < 1.29 is 19.4 Å². The van der Waals surface area contributed by atoms with Gasteiger partial charge in [-0.1, -0.05) is 107 Å². The van der Waals surface area contributed by atoms with Gasteiger partial charge in [0.25, 0.3) is 8.32 Å². The third-order valence-electron chi connectivity index (χ3n) is 8.15. The highest BCUT2D eigenvalue weighted by Gasteiger charge is 2.49. The Morgan fingerprint density at radius 2 is 1.55 bits per heavy atom. The summed E-state index contributed by atoms with van der Waals surface area (Å²) < 4.78 is 12.4. The van der Waals surface area contributed by atoms with Crippen molar-refractivity contribution in [3.8, 4) is 11.5 Å². The molecule has 2 atom stereocenters. The largest absolute Gasteiger partial charge is 0.491 e. The standard InChI is InChI=1S/C33H44BrNO4Si/c1-7-9-23-39-29-27(34)24-35-28(30(29)38-6)31(36)33(5,8-2)22-16-21-32(3,4)40(37,25-17-12-10-13-18-25)26-19-14-11-15-20-26/h8,10-15,17-20,24,31,36-37H,2,7,9,16,21-23H2,1,3-6H3. The normalized spacial score (nSPS) is 14.3. The molecule has 2 unspecified atom stereocenters. The van der Waals surface area contributed by atoms with Gasteiger partial charge in [-0.05, 0) is 50.6 Å². The van der Waals surface area contributed by atoms with Gasteiger partial charge in [-0.3, -0.25) is 4.98 Å². The number of aliphatic hydroxyl groups excluding tert-OH is 1. The van der Waals surface area contributed by atoms with E-state index >= 15 is 0 Å². The SMILES string of the molecule is C=CC(C)(CCCC(C)(C)[Si](O)(c1ccccc1)c1ccccc1)C(O)c1ncc(Br)c(OCCCC)c1OC. The zero-order chi connectivity index (χ0) is 29.4. The molecular weight excluding hydrogens is 582 g/mol. The number of aromatic nitrogens is 1. The average molecular weight is 627 g/mol. The third kappa shape index (κ3) is 6.70. The quantitative estimate of drug-likeness (QED) is 0.108. The van der Waals surface area contributed by atoms with Crippen molar-refractivity contribution in [1.82, 2.24) is 4.98 Å². The lowest BCUT2D eigenvalue weighted by atomic mass is 9.77. The topological polar surface area (TPSA) is 71.8 Å². The second-order valence-corrected chi connectivity index (χ2v) is 16.1. The molecule has 0 aliphatic heterocycles. The fourth-order valence-corrected chi connectivity index (χ4v) is 9.56. The maximum absolute atomic E-state index is 12.5. The van der Waals surface area contributed by atoms with Crippen molar-refractivity contribution in [3.63, 3.8) is 0 Å². The Balaban J connectivity index is 1.86. The van der Waals surface area contributed by atoms with Crippen LogP contribution in [-0.2, 0) is 0 Å². The van der Waals surface area contributed by atoms with Gasteiger partial charge in [-0.2, -0.15) is 0 Å². The molecule has 0 spiro atoms. The minimum absolute atomic E-state index is 0.378. The van der Waals surface area contributed by atoms with Gasteiger partial charge in [0.1, 0.15) is 11.8 Å². The molecule has 0 aliphatic carbocycles. The Morgan fingerprint density at radius 1 is 0.975 bits per heavy atom. The Kier molecular flexibility index (Phi) is 11.2. The number of hydrogen-bond acceptors (Lipinski definition) is 5. The first-order valence-corrected chi connectivity index (χ1v) is 16.8. The molecule has 3 aromatic rings. The monoisotopic (exact) mass is 625 g/mol. The van der Waals surface area contributed by atoms with Crippen LogP contribution in [0.5, 0.6) is 11.5 Å². The highest BCUT2D eigenvalue weighted by Crippen LogP contribution is 2.48. The molecule has 0 radical (unpaired) electrons. The first-order valence-electron chi connectivity index (χ1n) is 14.1. The Morgan fingerprint density at radius 3 is 2.05 bits per heavy atom. The van der Waals surface area contributed by atoms with E-state index in [4.69, 9.17) is 9.47 Å². The molecule has 0 saturated carbocycles. The van der Waals surface area contributed by atoms with Crippen LogP contribution in [0.1, 0.15) is 71.6 Å². The summed E-state index contributed by atoms with van der Waals surface area (Å²) in [6.07, 6.45) is 6.64. The van der Waals surface area contributed by atoms with Crippen LogP contribution in [0.4, 0.5) is 0 Å². The van der Waals surface area contributed by atoms with Crippen molar-refractivity contribution >= 4 is 34.6 Å². The van der Waals surface area contributed by atoms with E-state index in [2.05, 4.69) is 48.3 Å². The fourth-order valence-electron chi connectivity index (χ4n) is 5.38. The number of hydrogen-bond donors (Lipinski definition) is 2. The summed E-state index contributed by atoms with van der Waals surface area (Å²) >= 11 is 3.52. The van der Waals surface area contributed by atoms with Gasteiger partial charge in [0.15, 0.2) is 11.5 Å². The summed E-state index contributed by atoms with van der Waals surface area (Å²) in [6, 6.07) is 20.1. The molecule has 2 aromatic carbocycles. The van der Waals surface area contributed by atoms with Crippen molar-refractivity contribution in [2.75, 3.05) is 13.7 Å². The molecule has 216 valence electrons. The van der Waals surface area contributed by atoms with Crippen LogP contribution in [0.2, 0.25) is 5.04 Å². The summed E-state index contributed by atoms with van der Waals surface area (Å²) in [5.41, 5.74) is -0.248. The lowest BCUT2D eigenvalue weighted by molar-refractivity contribution is 0.0549. The van der Waals surface area contributed by atoms with Crippen molar-refractivity contribution in [1.29, 1.82) is 0 Å². The molecule has 7 heteroatoms. The smallest absolute Gasteiger partial charge is 0.258 e. The van der Waals surface area contributed by atoms with Crippen LogP contribution in [0.15, 0.2) is 84.0 Å². The van der Waals surface area contributed by atoms with Gasteiger partial charge in [-0.15, -0.1) is 6.58 Å². The van der Waals surface area contributed by atoms with E-state index in [1.807, 2.05) is 73.7 Å². The van der Waals surface area contributed by atoms with Gasteiger partial charge < -0.3 is 19.4 Å². The summed E-state index contributed by atoms with van der Waals surface area (Å²) in [4.78, 5) is 17.0. The number of rotatable bonds is 15. The van der Waals surface area contributed by atoms with Crippen LogP contribution >= 0.6 is 15.9 Å². The van der Waals surface area contributed by atoms with Gasteiger partial charge in [0, 0.05) is 11.6 Å². The van der Waals surface area contributed by atoms with Crippen LogP contribution in [-0.4, -0.2) is 36.9 Å². The van der Waals surface area contributed by atoms with Crippen LogP contribution in [0, 0.1) is 5.41 Å². The number of aliphatic hydroxyl groups is 1. The summed E-state index contributed by atoms with van der Waals surface area (Å²) in [5.74, 6) is 0.982. The Bertz CT molecular complexity index is 1200. The molecule has 5 nitrogen and oxygen atoms in total. The van der Waals surface area contributed by atoms with Crippen LogP contribution in [0.25, 0.3) is 0 Å². The average Bonchev–Trinajstić information content (AvgIpc) is 2.97. The van der Waals surface area contributed by atoms with E-state index in [0.29, 0.717) is 34.7 Å². The first-order chi connectivity index (χ1) is 19.1. The third-order valence-corrected chi connectivity index (χ3v) is 13.3. The summed E-state index contributed by atoms with van der Waals surface area (Å²) in [6.45, 7) is 13.1. The molecule has 1 aromatic heterocycles. The van der Waals surface area contributed by atoms with Crippen molar-refractivity contribution in [2.45, 2.75) is 70.9 Å². The number of pyridine rings is 1. The maximum Gasteiger partial charge on any atom is 0.258 e. The number of halogens is 1. The van der Waals surface area contributed by atoms with Gasteiger partial charge >= 0.3 is 0 Å². The lowest BCUT2D eigenvalue weighted by Gasteiger charge is -2.42. The minimum Gasteiger partial charge on any atom is -0.491 e. The molecule has 2 N–H and O–H groups in total. The molecule has 0 bridgehead atoms. The van der Waals surface area contributed by atoms with Gasteiger partial charge in [0.05, 0.1) is 18.2 Å². The van der Waals surface area contributed by atoms with E-state index in [-0.39, 0.29) is 5.04 Å². The van der Waals surface area contributed by atoms with Crippen molar-refractivity contribution in [2.24, 2.45) is 5.41 Å². The second-order valence-electron chi connectivity index (χ2n) is 11.3. The van der Waals surface area contributed by atoms with E-state index < -0.39 is 19.8 Å². The molecule has 1 heterocycles. The molecule has 0 saturated heterocycles. The molecule has 0 amide bonds. The number of benzene rings is 2. The Hall–Kier alpha value is -2.45. The number of unbranched alkanes of at least 4 members (excludes halogenated alkanes) is 1. The molecule has 0 aliphatic rings. The number of methoxy groups -OCH3 is 1. The zero-order valence-electron chi connectivity index (χ0n) is 24.5. The Labute approximate surface area is 249 Å². The first kappa shape index (κ1) is 32.1. The van der Waals surface area contributed by atoms with E-state index in [9.17, 15) is 9.90 Å². The molecule has 0 fully saturated rings. The molecular formula is C33H44BrNO4Si. The highest BCUT2D eigenvalue weighted by molar-refractivity contribution is 9.10. The summed E-state index contributed by atoms with van der Waals surface area (Å²) in [7, 11) is -1.55. The molecule has 3 rings (SSSR count). The van der Waals surface area contributed by atoms with Gasteiger partial charge in [-0.25, -0.2) is 0 Å². The molecule has 40 heavy (non-hydrogen) atoms. The predicted molar refractivity (Wildman–Crippen MR) is 170 cm³/mol. The lowest BCUT2D eigenvalue weighted by Crippen LogP contribution is -2.65. The van der Waals surface area contributed by atoms with Crippen LogP contribution in [0.3, 0.4) is 0 Å². The number of ether oxygens (including phenoxy) is 2.